The van der Waals surface area contributed by atoms with Crippen LogP contribution < -0.4 is 10.6 Å². The molecule has 0 spiro atoms. The first-order valence-electron chi connectivity index (χ1n) is 8.83. The van der Waals surface area contributed by atoms with Crippen LogP contribution in [0.15, 0.2) is 28.7 Å². The van der Waals surface area contributed by atoms with Gasteiger partial charge in [-0.15, -0.1) is 11.3 Å². The minimum atomic E-state index is -1.86. The number of aryl methyl sites for hydroxylation is 1. The molecule has 0 unspecified atom stereocenters. The number of nitrogens with one attached hydrogen (secondary N) is 2. The first-order chi connectivity index (χ1) is 13.7. The first-order valence-corrected chi connectivity index (χ1v) is 11.6. The molecular weight excluding hydrogens is 523 g/mol. The Morgan fingerprint density at radius 3 is 2.45 bits per heavy atom. The van der Waals surface area contributed by atoms with E-state index in [2.05, 4.69) is 26.6 Å². The molecule has 1 aliphatic carbocycles. The molecule has 3 rings (SSSR count). The number of ether oxygens (including phenoxy) is 1. The highest BCUT2D eigenvalue weighted by molar-refractivity contribution is 9.10. The van der Waals surface area contributed by atoms with Crippen molar-refractivity contribution in [1.82, 2.24) is 5.32 Å². The number of carbonyl (C=O) groups excluding carboxylic acids is 2. The standard InChI is InChI=1S/C19H18BrCl3N2O3S/c1-28-17(27)14-12-4-2-3-5-13(12)29-16(14)25-18(19(21,22)23)24-15(26)10-6-8-11(20)9-7-10/h6-9,18,25H,2-5H2,1H3,(H,24,26)/t18-/m0/s1. The Bertz CT molecular complexity index is 913. The first kappa shape index (κ1) is 22.7. The second kappa shape index (κ2) is 9.43. The average Bonchev–Trinajstić information content (AvgIpc) is 3.04. The summed E-state index contributed by atoms with van der Waals surface area (Å²) in [6.07, 6.45) is 2.67. The molecule has 0 aliphatic heterocycles. The number of halogens is 4. The third-order valence-electron chi connectivity index (χ3n) is 4.55. The lowest BCUT2D eigenvalue weighted by molar-refractivity contribution is 0.0600. The molecule has 1 atom stereocenters. The lowest BCUT2D eigenvalue weighted by Gasteiger charge is -2.27. The quantitative estimate of drug-likeness (QED) is 0.290. The second-order valence-electron chi connectivity index (χ2n) is 6.51. The zero-order chi connectivity index (χ0) is 21.2. The van der Waals surface area contributed by atoms with Gasteiger partial charge in [-0.25, -0.2) is 4.79 Å². The Hall–Kier alpha value is -0.990. The van der Waals surface area contributed by atoms with Gasteiger partial charge in [0.25, 0.3) is 5.91 Å². The van der Waals surface area contributed by atoms with Gasteiger partial charge in [0.2, 0.25) is 3.79 Å². The monoisotopic (exact) mass is 538 g/mol. The molecule has 1 amide bonds. The summed E-state index contributed by atoms with van der Waals surface area (Å²) in [6, 6.07) is 6.79. The van der Waals surface area contributed by atoms with Gasteiger partial charge in [0.1, 0.15) is 11.2 Å². The van der Waals surface area contributed by atoms with Crippen molar-refractivity contribution in [2.75, 3.05) is 12.4 Å². The molecule has 2 N–H and O–H groups in total. The SMILES string of the molecule is COC(=O)c1c(N[C@H](NC(=O)c2ccc(Br)cc2)C(Cl)(Cl)Cl)sc2c1CCCC2. The molecule has 1 aromatic carbocycles. The van der Waals surface area contributed by atoms with E-state index >= 15 is 0 Å². The van der Waals surface area contributed by atoms with E-state index < -0.39 is 21.8 Å². The van der Waals surface area contributed by atoms with Gasteiger partial charge in [-0.05, 0) is 55.5 Å². The van der Waals surface area contributed by atoms with Crippen LogP contribution in [0.2, 0.25) is 0 Å². The van der Waals surface area contributed by atoms with Gasteiger partial charge >= 0.3 is 5.97 Å². The molecule has 0 radical (unpaired) electrons. The molecule has 5 nitrogen and oxygen atoms in total. The summed E-state index contributed by atoms with van der Waals surface area (Å²) in [5.41, 5.74) is 1.83. The smallest absolute Gasteiger partial charge is 0.341 e. The maximum absolute atomic E-state index is 12.6. The van der Waals surface area contributed by atoms with Gasteiger partial charge in [0, 0.05) is 14.9 Å². The van der Waals surface area contributed by atoms with Gasteiger partial charge < -0.3 is 15.4 Å². The minimum Gasteiger partial charge on any atom is -0.465 e. The Kier molecular flexibility index (Phi) is 7.38. The fourth-order valence-electron chi connectivity index (χ4n) is 3.13. The number of benzene rings is 1. The van der Waals surface area contributed by atoms with E-state index in [1.54, 1.807) is 24.3 Å². The lowest BCUT2D eigenvalue weighted by Crippen LogP contribution is -2.49. The lowest BCUT2D eigenvalue weighted by atomic mass is 9.95. The number of esters is 1. The summed E-state index contributed by atoms with van der Waals surface area (Å²) in [5, 5.41) is 6.28. The van der Waals surface area contributed by atoms with E-state index in [1.807, 2.05) is 0 Å². The number of alkyl halides is 3. The maximum atomic E-state index is 12.6. The second-order valence-corrected chi connectivity index (χ2v) is 10.9. The maximum Gasteiger partial charge on any atom is 0.341 e. The number of rotatable bonds is 5. The minimum absolute atomic E-state index is 0.410. The molecule has 1 heterocycles. The van der Waals surface area contributed by atoms with E-state index in [1.165, 1.54) is 18.4 Å². The van der Waals surface area contributed by atoms with E-state index in [9.17, 15) is 9.59 Å². The Morgan fingerprint density at radius 2 is 1.83 bits per heavy atom. The van der Waals surface area contributed by atoms with E-state index in [0.29, 0.717) is 16.1 Å². The van der Waals surface area contributed by atoms with E-state index in [-0.39, 0.29) is 0 Å². The van der Waals surface area contributed by atoms with Crippen LogP contribution in [0, 0.1) is 0 Å². The van der Waals surface area contributed by atoms with Gasteiger partial charge in [0.05, 0.1) is 12.7 Å². The Morgan fingerprint density at radius 1 is 1.17 bits per heavy atom. The number of fused-ring (bicyclic) bond motifs is 1. The predicted molar refractivity (Wildman–Crippen MR) is 122 cm³/mol. The summed E-state index contributed by atoms with van der Waals surface area (Å²) in [4.78, 5) is 26.2. The molecule has 1 aromatic heterocycles. The molecule has 10 heteroatoms. The largest absolute Gasteiger partial charge is 0.465 e. The molecule has 0 fully saturated rings. The number of amides is 1. The average molecular weight is 541 g/mol. The van der Waals surface area contributed by atoms with E-state index in [0.717, 1.165) is 40.6 Å². The van der Waals surface area contributed by atoms with Crippen LogP contribution in [0.3, 0.4) is 0 Å². The van der Waals surface area contributed by atoms with Crippen molar-refractivity contribution in [3.8, 4) is 0 Å². The molecular formula is C19H18BrCl3N2O3S. The summed E-state index contributed by atoms with van der Waals surface area (Å²) < 4.78 is 3.95. The van der Waals surface area contributed by atoms with E-state index in [4.69, 9.17) is 39.5 Å². The number of anilines is 1. The van der Waals surface area contributed by atoms with Crippen molar-refractivity contribution >= 4 is 78.9 Å². The highest BCUT2D eigenvalue weighted by Gasteiger charge is 2.36. The molecule has 156 valence electrons. The number of methoxy groups -OCH3 is 1. The van der Waals surface area contributed by atoms with Gasteiger partial charge in [-0.3, -0.25) is 4.79 Å². The van der Waals surface area contributed by atoms with Crippen LogP contribution >= 0.6 is 62.1 Å². The third-order valence-corrected chi connectivity index (χ3v) is 6.95. The number of thiophene rings is 1. The van der Waals surface area contributed by atoms with Gasteiger partial charge in [-0.1, -0.05) is 50.7 Å². The van der Waals surface area contributed by atoms with Crippen LogP contribution in [0.5, 0.6) is 0 Å². The molecule has 0 saturated heterocycles. The number of carbonyl (C=O) groups is 2. The van der Waals surface area contributed by atoms with Crippen LogP contribution in [0.25, 0.3) is 0 Å². The summed E-state index contributed by atoms with van der Waals surface area (Å²) in [7, 11) is 1.33. The Labute approximate surface area is 196 Å². The predicted octanol–water partition coefficient (Wildman–Crippen LogP) is 5.71. The third kappa shape index (κ3) is 5.39. The van der Waals surface area contributed by atoms with Gasteiger partial charge in [-0.2, -0.15) is 0 Å². The number of hydrogen-bond donors (Lipinski definition) is 2. The topological polar surface area (TPSA) is 67.4 Å². The summed E-state index contributed by atoms with van der Waals surface area (Å²) >= 11 is 23.2. The molecule has 0 saturated carbocycles. The zero-order valence-electron chi connectivity index (χ0n) is 15.4. The molecule has 0 bridgehead atoms. The summed E-state index contributed by atoms with van der Waals surface area (Å²) in [5.74, 6) is -0.864. The number of hydrogen-bond acceptors (Lipinski definition) is 5. The van der Waals surface area contributed by atoms with Crippen molar-refractivity contribution in [2.45, 2.75) is 35.6 Å². The highest BCUT2D eigenvalue weighted by atomic mass is 79.9. The zero-order valence-corrected chi connectivity index (χ0v) is 20.0. The fourth-order valence-corrected chi connectivity index (χ4v) is 5.03. The normalized spacial score (nSPS) is 14.7. The fraction of sp³-hybridized carbons (Fsp3) is 0.368. The van der Waals surface area contributed by atoms with Crippen molar-refractivity contribution in [3.05, 3.63) is 50.3 Å². The summed E-state index contributed by atoms with van der Waals surface area (Å²) in [6.45, 7) is 0. The molecule has 29 heavy (non-hydrogen) atoms. The van der Waals surface area contributed by atoms with Crippen LogP contribution in [-0.4, -0.2) is 28.9 Å². The van der Waals surface area contributed by atoms with Crippen LogP contribution in [0.4, 0.5) is 5.00 Å². The van der Waals surface area contributed by atoms with Crippen LogP contribution in [0.1, 0.15) is 44.0 Å². The molecule has 2 aromatic rings. The van der Waals surface area contributed by atoms with Crippen molar-refractivity contribution in [3.63, 3.8) is 0 Å². The van der Waals surface area contributed by atoms with Gasteiger partial charge in [0.15, 0.2) is 0 Å². The van der Waals surface area contributed by atoms with Crippen molar-refractivity contribution < 1.29 is 14.3 Å². The van der Waals surface area contributed by atoms with Crippen molar-refractivity contribution in [2.24, 2.45) is 0 Å². The highest BCUT2D eigenvalue weighted by Crippen LogP contribution is 2.40. The Balaban J connectivity index is 1.89. The van der Waals surface area contributed by atoms with Crippen molar-refractivity contribution in [1.29, 1.82) is 0 Å². The van der Waals surface area contributed by atoms with Crippen LogP contribution in [-0.2, 0) is 17.6 Å². The molecule has 1 aliphatic rings.